The van der Waals surface area contributed by atoms with Crippen molar-refractivity contribution >= 4 is 35.4 Å². The highest BCUT2D eigenvalue weighted by Crippen LogP contribution is 2.20. The molecule has 0 aliphatic heterocycles. The predicted octanol–water partition coefficient (Wildman–Crippen LogP) is 4.49. The third-order valence-corrected chi connectivity index (χ3v) is 5.39. The number of ether oxygens (including phenoxy) is 2. The molecule has 0 fully saturated rings. The molecule has 4 amide bonds. The fourth-order valence-electron chi connectivity index (χ4n) is 3.28. The molecule has 0 bridgehead atoms. The van der Waals surface area contributed by atoms with Crippen molar-refractivity contribution in [3.05, 3.63) is 23.8 Å². The Morgan fingerprint density at radius 2 is 1.17 bits per heavy atom. The second-order valence-corrected chi connectivity index (χ2v) is 8.27. The van der Waals surface area contributed by atoms with Crippen LogP contribution in [0.2, 0.25) is 0 Å². The Bertz CT molecular complexity index is 815. The minimum atomic E-state index is -0.314. The molecule has 4 N–H and O–H groups in total. The number of urea groups is 2. The Labute approximate surface area is 207 Å². The van der Waals surface area contributed by atoms with Crippen LogP contribution in [0.1, 0.15) is 69.8 Å². The number of carbonyl (C=O) groups is 4. The lowest BCUT2D eigenvalue weighted by atomic mass is 10.1. The Morgan fingerprint density at radius 3 is 1.69 bits per heavy atom. The highest BCUT2D eigenvalue weighted by Gasteiger charge is 2.08. The van der Waals surface area contributed by atoms with Crippen molar-refractivity contribution in [3.8, 4) is 0 Å². The number of amides is 4. The van der Waals surface area contributed by atoms with Gasteiger partial charge in [-0.25, -0.2) is 9.59 Å². The molecule has 0 atom stereocenters. The molecule has 0 aliphatic rings. The lowest BCUT2D eigenvalue weighted by Gasteiger charge is -2.13. The molecule has 0 unspecified atom stereocenters. The maximum absolute atomic E-state index is 12.2. The summed E-state index contributed by atoms with van der Waals surface area (Å²) in [5.74, 6) is -0.396. The van der Waals surface area contributed by atoms with Crippen molar-refractivity contribution in [2.45, 2.75) is 71.1 Å². The van der Waals surface area contributed by atoms with Gasteiger partial charge in [0.2, 0.25) is 0 Å². The molecule has 10 heteroatoms. The topological polar surface area (TPSA) is 135 Å². The second-order valence-electron chi connectivity index (χ2n) is 8.27. The molecular weight excluding hydrogens is 452 g/mol. The highest BCUT2D eigenvalue weighted by molar-refractivity contribution is 5.93. The number of benzene rings is 1. The van der Waals surface area contributed by atoms with Gasteiger partial charge in [-0.1, -0.05) is 31.7 Å². The number of anilines is 2. The van der Waals surface area contributed by atoms with Gasteiger partial charge in [0.15, 0.2) is 0 Å². The lowest BCUT2D eigenvalue weighted by molar-refractivity contribution is -0.141. The van der Waals surface area contributed by atoms with Gasteiger partial charge in [-0.15, -0.1) is 0 Å². The van der Waals surface area contributed by atoms with Gasteiger partial charge in [0, 0.05) is 37.3 Å². The zero-order chi connectivity index (χ0) is 25.9. The van der Waals surface area contributed by atoms with E-state index in [-0.39, 0.29) is 24.0 Å². The van der Waals surface area contributed by atoms with E-state index in [1.54, 1.807) is 12.1 Å². The van der Waals surface area contributed by atoms with Gasteiger partial charge in [-0.2, -0.15) is 0 Å². The van der Waals surface area contributed by atoms with Crippen molar-refractivity contribution in [3.63, 3.8) is 0 Å². The van der Waals surface area contributed by atoms with Crippen molar-refractivity contribution in [2.75, 3.05) is 37.9 Å². The largest absolute Gasteiger partial charge is 0.469 e. The van der Waals surface area contributed by atoms with Gasteiger partial charge in [0.05, 0.1) is 14.2 Å². The molecule has 1 aromatic rings. The summed E-state index contributed by atoms with van der Waals surface area (Å²) < 4.78 is 9.21. The average molecular weight is 493 g/mol. The SMILES string of the molecule is COC(=O)CCCCCCNC(=O)Nc1ccc(C)c(NC(=O)NCCCCCCC(=O)OC)c1. The van der Waals surface area contributed by atoms with E-state index in [4.69, 9.17) is 0 Å². The Balaban J connectivity index is 2.26. The van der Waals surface area contributed by atoms with Crippen LogP contribution in [0, 0.1) is 6.92 Å². The molecule has 0 aliphatic carbocycles. The minimum absolute atomic E-state index is 0.198. The number of methoxy groups -OCH3 is 2. The zero-order valence-corrected chi connectivity index (χ0v) is 21.2. The first kappa shape index (κ1) is 29.7. The van der Waals surface area contributed by atoms with E-state index in [1.807, 2.05) is 13.0 Å². The number of nitrogens with one attached hydrogen (secondary N) is 4. The second kappa shape index (κ2) is 18.1. The number of esters is 2. The van der Waals surface area contributed by atoms with Crippen LogP contribution in [0.4, 0.5) is 21.0 Å². The smallest absolute Gasteiger partial charge is 0.319 e. The van der Waals surface area contributed by atoms with Crippen LogP contribution >= 0.6 is 0 Å². The molecule has 0 saturated heterocycles. The van der Waals surface area contributed by atoms with Crippen LogP contribution in [-0.4, -0.2) is 51.3 Å². The number of aryl methyl sites for hydroxylation is 1. The Hall–Kier alpha value is -3.30. The molecule has 0 heterocycles. The summed E-state index contributed by atoms with van der Waals surface area (Å²) in [5, 5.41) is 11.2. The molecule has 196 valence electrons. The van der Waals surface area contributed by atoms with Crippen LogP contribution in [0.5, 0.6) is 0 Å². The fourth-order valence-corrected chi connectivity index (χ4v) is 3.28. The first-order valence-electron chi connectivity index (χ1n) is 12.2. The van der Waals surface area contributed by atoms with Crippen molar-refractivity contribution in [1.29, 1.82) is 0 Å². The molecule has 35 heavy (non-hydrogen) atoms. The predicted molar refractivity (Wildman–Crippen MR) is 135 cm³/mol. The summed E-state index contributed by atoms with van der Waals surface area (Å²) in [6, 6.07) is 4.70. The number of hydrogen-bond acceptors (Lipinski definition) is 6. The molecular formula is C25H40N4O6. The molecule has 0 aromatic heterocycles. The molecule has 0 saturated carbocycles. The van der Waals surface area contributed by atoms with E-state index >= 15 is 0 Å². The van der Waals surface area contributed by atoms with Gasteiger partial charge in [0.1, 0.15) is 0 Å². The summed E-state index contributed by atoms with van der Waals surface area (Å²) in [6.45, 7) is 2.94. The van der Waals surface area contributed by atoms with Gasteiger partial charge in [0.25, 0.3) is 0 Å². The Kier molecular flexibility index (Phi) is 15.4. The molecule has 0 spiro atoms. The standard InChI is InChI=1S/C25H40N4O6/c1-19-14-15-20(28-24(32)26-16-10-6-4-8-12-22(30)34-2)18-21(19)29-25(33)27-17-11-7-5-9-13-23(31)35-3/h14-15,18H,4-13,16-17H2,1-3H3,(H2,26,28,32)(H2,27,29,33). The van der Waals surface area contributed by atoms with E-state index in [1.165, 1.54) is 14.2 Å². The fraction of sp³-hybridized carbons (Fsp3) is 0.600. The summed E-state index contributed by atoms with van der Waals surface area (Å²) in [5.41, 5.74) is 2.07. The maximum atomic E-state index is 12.2. The van der Waals surface area contributed by atoms with Crippen molar-refractivity contribution in [2.24, 2.45) is 0 Å². The summed E-state index contributed by atoms with van der Waals surface area (Å²) in [7, 11) is 2.77. The molecule has 1 rings (SSSR count). The molecule has 1 aromatic carbocycles. The van der Waals surface area contributed by atoms with Crippen molar-refractivity contribution in [1.82, 2.24) is 10.6 Å². The number of hydrogen-bond donors (Lipinski definition) is 4. The quantitative estimate of drug-likeness (QED) is 0.198. The molecule has 10 nitrogen and oxygen atoms in total. The van der Waals surface area contributed by atoms with Gasteiger partial charge < -0.3 is 30.7 Å². The number of rotatable bonds is 16. The first-order valence-corrected chi connectivity index (χ1v) is 12.2. The molecule has 0 radical (unpaired) electrons. The van der Waals surface area contributed by atoms with E-state index in [9.17, 15) is 19.2 Å². The van der Waals surface area contributed by atoms with E-state index in [2.05, 4.69) is 30.7 Å². The van der Waals surface area contributed by atoms with Gasteiger partial charge in [-0.05, 0) is 50.3 Å². The number of carbonyl (C=O) groups excluding carboxylic acids is 4. The van der Waals surface area contributed by atoms with E-state index in [0.29, 0.717) is 37.3 Å². The minimum Gasteiger partial charge on any atom is -0.469 e. The lowest BCUT2D eigenvalue weighted by Crippen LogP contribution is -2.30. The monoisotopic (exact) mass is 492 g/mol. The number of unbranched alkanes of at least 4 members (excludes halogenated alkanes) is 6. The van der Waals surface area contributed by atoms with Crippen molar-refractivity contribution < 1.29 is 28.7 Å². The maximum Gasteiger partial charge on any atom is 0.319 e. The van der Waals surface area contributed by atoms with E-state index < -0.39 is 0 Å². The van der Waals surface area contributed by atoms with Gasteiger partial charge in [-0.3, -0.25) is 9.59 Å². The van der Waals surface area contributed by atoms with Crippen LogP contribution in [-0.2, 0) is 19.1 Å². The Morgan fingerprint density at radius 1 is 0.686 bits per heavy atom. The zero-order valence-electron chi connectivity index (χ0n) is 21.2. The van der Waals surface area contributed by atoms with E-state index in [0.717, 1.165) is 56.9 Å². The summed E-state index contributed by atoms with van der Waals surface area (Å²) in [6.07, 6.45) is 7.68. The third-order valence-electron chi connectivity index (χ3n) is 5.39. The average Bonchev–Trinajstić information content (AvgIpc) is 2.84. The van der Waals surface area contributed by atoms with Crippen LogP contribution < -0.4 is 21.3 Å². The van der Waals surface area contributed by atoms with Crippen LogP contribution in [0.25, 0.3) is 0 Å². The summed E-state index contributed by atoms with van der Waals surface area (Å²) >= 11 is 0. The normalized spacial score (nSPS) is 10.3. The first-order chi connectivity index (χ1) is 16.8. The summed E-state index contributed by atoms with van der Waals surface area (Å²) in [4.78, 5) is 46.5. The third kappa shape index (κ3) is 14.5. The highest BCUT2D eigenvalue weighted by atomic mass is 16.5. The van der Waals surface area contributed by atoms with Crippen LogP contribution in [0.15, 0.2) is 18.2 Å². The van der Waals surface area contributed by atoms with Gasteiger partial charge >= 0.3 is 24.0 Å². The van der Waals surface area contributed by atoms with Crippen LogP contribution in [0.3, 0.4) is 0 Å².